The molecule has 0 amide bonds. The molecule has 1 heterocycles. The van der Waals surface area contributed by atoms with E-state index in [1.807, 2.05) is 12.2 Å². The number of hydrogen-bond acceptors (Lipinski definition) is 5. The maximum absolute atomic E-state index is 9.88. The average molecular weight is 457 g/mol. The van der Waals surface area contributed by atoms with Gasteiger partial charge in [-0.1, -0.05) is 60.7 Å². The summed E-state index contributed by atoms with van der Waals surface area (Å²) in [6.45, 7) is 2.38. The van der Waals surface area contributed by atoms with Gasteiger partial charge in [-0.2, -0.15) is 5.26 Å². The van der Waals surface area contributed by atoms with E-state index in [1.54, 1.807) is 23.9 Å². The van der Waals surface area contributed by atoms with Crippen molar-refractivity contribution in [3.63, 3.8) is 0 Å². The lowest BCUT2D eigenvalue weighted by Crippen LogP contribution is -2.40. The number of imidazole rings is 1. The van der Waals surface area contributed by atoms with E-state index in [0.717, 1.165) is 30.5 Å². The number of nitrogens with one attached hydrogen (secondary N) is 1. The molecule has 1 aliphatic carbocycles. The Morgan fingerprint density at radius 3 is 2.44 bits per heavy atom. The standard InChI is InChI=1S/C28H32N4O2/c1-20(34)28-31-15-16-32(28)27(19-33)12-5-21-3-6-22(7-4-21)23-8-10-24(11-9-23)25-17-26(18-25)30-14-2-13-29/h3-12,15-16,20,25-27,30,33-34H,2,14,17-19H2,1H3/b12-5+. The van der Waals surface area contributed by atoms with Crippen molar-refractivity contribution in [3.8, 4) is 17.2 Å². The lowest BCUT2D eigenvalue weighted by Gasteiger charge is -2.36. The minimum atomic E-state index is -0.695. The van der Waals surface area contributed by atoms with Gasteiger partial charge < -0.3 is 20.1 Å². The highest BCUT2D eigenvalue weighted by molar-refractivity contribution is 5.66. The van der Waals surface area contributed by atoms with Crippen molar-refractivity contribution in [2.75, 3.05) is 13.2 Å². The van der Waals surface area contributed by atoms with Crippen molar-refractivity contribution < 1.29 is 10.2 Å². The molecule has 6 heteroatoms. The van der Waals surface area contributed by atoms with Crippen LogP contribution in [0.2, 0.25) is 0 Å². The summed E-state index contributed by atoms with van der Waals surface area (Å²) in [6.07, 6.45) is 9.47. The summed E-state index contributed by atoms with van der Waals surface area (Å²) >= 11 is 0. The van der Waals surface area contributed by atoms with Crippen LogP contribution in [-0.4, -0.2) is 39.0 Å². The van der Waals surface area contributed by atoms with Crippen LogP contribution in [0, 0.1) is 11.3 Å². The SMILES string of the molecule is CC(O)c1nccn1C(/C=C/c1ccc(-c2ccc(C3CC(NCCC#N)C3)cc2)cc1)CO. The molecule has 1 saturated carbocycles. The van der Waals surface area contributed by atoms with Crippen LogP contribution in [0.4, 0.5) is 0 Å². The van der Waals surface area contributed by atoms with E-state index in [2.05, 4.69) is 64.9 Å². The summed E-state index contributed by atoms with van der Waals surface area (Å²) in [5, 5.41) is 31.8. The van der Waals surface area contributed by atoms with Gasteiger partial charge in [-0.25, -0.2) is 4.98 Å². The topological polar surface area (TPSA) is 94.1 Å². The van der Waals surface area contributed by atoms with Crippen molar-refractivity contribution in [1.29, 1.82) is 5.26 Å². The molecule has 3 N–H and O–H groups in total. The lowest BCUT2D eigenvalue weighted by atomic mass is 9.75. The van der Waals surface area contributed by atoms with Gasteiger partial charge in [0.1, 0.15) is 11.9 Å². The second-order valence-electron chi connectivity index (χ2n) is 8.95. The zero-order chi connectivity index (χ0) is 23.9. The van der Waals surface area contributed by atoms with Crippen molar-refractivity contribution in [2.24, 2.45) is 0 Å². The summed E-state index contributed by atoms with van der Waals surface area (Å²) in [4.78, 5) is 4.18. The van der Waals surface area contributed by atoms with Crippen LogP contribution in [0.5, 0.6) is 0 Å². The van der Waals surface area contributed by atoms with Gasteiger partial charge in [0, 0.05) is 31.4 Å². The summed E-state index contributed by atoms with van der Waals surface area (Å²) in [7, 11) is 0. The minimum absolute atomic E-state index is 0.0747. The fourth-order valence-electron chi connectivity index (χ4n) is 4.52. The van der Waals surface area contributed by atoms with E-state index in [4.69, 9.17) is 5.26 Å². The zero-order valence-corrected chi connectivity index (χ0v) is 19.5. The highest BCUT2D eigenvalue weighted by Gasteiger charge is 2.29. The van der Waals surface area contributed by atoms with Crippen molar-refractivity contribution in [3.05, 3.63) is 84.0 Å². The Balaban J connectivity index is 1.35. The molecule has 1 fully saturated rings. The molecule has 0 saturated heterocycles. The molecule has 34 heavy (non-hydrogen) atoms. The van der Waals surface area contributed by atoms with Gasteiger partial charge in [-0.05, 0) is 47.9 Å². The molecule has 0 aliphatic heterocycles. The molecule has 6 nitrogen and oxygen atoms in total. The summed E-state index contributed by atoms with van der Waals surface area (Å²) < 4.78 is 1.80. The van der Waals surface area contributed by atoms with E-state index in [1.165, 1.54) is 11.1 Å². The summed E-state index contributed by atoms with van der Waals surface area (Å²) in [5.74, 6) is 1.14. The van der Waals surface area contributed by atoms with E-state index < -0.39 is 6.10 Å². The molecule has 4 rings (SSSR count). The zero-order valence-electron chi connectivity index (χ0n) is 19.5. The number of rotatable bonds is 10. The van der Waals surface area contributed by atoms with Gasteiger partial charge in [0.05, 0.1) is 18.7 Å². The van der Waals surface area contributed by atoms with Crippen LogP contribution < -0.4 is 5.32 Å². The Morgan fingerprint density at radius 2 is 1.82 bits per heavy atom. The Kier molecular flexibility index (Phi) is 7.91. The monoisotopic (exact) mass is 456 g/mol. The van der Waals surface area contributed by atoms with Gasteiger partial charge in [0.2, 0.25) is 0 Å². The molecule has 0 spiro atoms. The van der Waals surface area contributed by atoms with Crippen molar-refractivity contribution >= 4 is 6.08 Å². The van der Waals surface area contributed by atoms with Gasteiger partial charge in [-0.15, -0.1) is 0 Å². The highest BCUT2D eigenvalue weighted by Crippen LogP contribution is 2.37. The molecule has 1 aliphatic rings. The van der Waals surface area contributed by atoms with E-state index in [0.29, 0.717) is 24.2 Å². The van der Waals surface area contributed by atoms with Gasteiger partial charge in [0.25, 0.3) is 0 Å². The molecule has 3 aromatic rings. The fraction of sp³-hybridized carbons (Fsp3) is 0.357. The third kappa shape index (κ3) is 5.63. The minimum Gasteiger partial charge on any atom is -0.394 e. The number of nitrogens with zero attached hydrogens (tertiary/aromatic N) is 3. The third-order valence-corrected chi connectivity index (χ3v) is 6.56. The number of aliphatic hydroxyl groups excluding tert-OH is 2. The van der Waals surface area contributed by atoms with Crippen LogP contribution in [-0.2, 0) is 0 Å². The molecular formula is C28H32N4O2. The number of benzene rings is 2. The van der Waals surface area contributed by atoms with E-state index >= 15 is 0 Å². The Labute approximate surface area is 201 Å². The van der Waals surface area contributed by atoms with Crippen LogP contribution >= 0.6 is 0 Å². The average Bonchev–Trinajstić information content (AvgIpc) is 3.32. The Bertz CT molecular complexity index is 1120. The largest absolute Gasteiger partial charge is 0.394 e. The second kappa shape index (κ2) is 11.3. The number of hydrogen-bond donors (Lipinski definition) is 3. The smallest absolute Gasteiger partial charge is 0.137 e. The molecule has 2 atom stereocenters. The van der Waals surface area contributed by atoms with Crippen LogP contribution in [0.25, 0.3) is 17.2 Å². The number of aliphatic hydroxyl groups is 2. The van der Waals surface area contributed by atoms with Crippen LogP contribution in [0.1, 0.15) is 61.2 Å². The first-order valence-corrected chi connectivity index (χ1v) is 11.9. The van der Waals surface area contributed by atoms with Crippen LogP contribution in [0.15, 0.2) is 67.0 Å². The van der Waals surface area contributed by atoms with Crippen molar-refractivity contribution in [1.82, 2.24) is 14.9 Å². The summed E-state index contributed by atoms with van der Waals surface area (Å²) in [6, 6.07) is 19.6. The van der Waals surface area contributed by atoms with E-state index in [-0.39, 0.29) is 12.6 Å². The van der Waals surface area contributed by atoms with Gasteiger partial charge in [-0.3, -0.25) is 0 Å². The maximum Gasteiger partial charge on any atom is 0.137 e. The van der Waals surface area contributed by atoms with Crippen molar-refractivity contribution in [2.45, 2.75) is 50.3 Å². The number of aromatic nitrogens is 2. The first kappa shape index (κ1) is 23.9. The molecule has 0 radical (unpaired) electrons. The first-order chi connectivity index (χ1) is 16.6. The van der Waals surface area contributed by atoms with Gasteiger partial charge in [0.15, 0.2) is 0 Å². The predicted octanol–water partition coefficient (Wildman–Crippen LogP) is 4.60. The Morgan fingerprint density at radius 1 is 1.15 bits per heavy atom. The predicted molar refractivity (Wildman–Crippen MR) is 134 cm³/mol. The first-order valence-electron chi connectivity index (χ1n) is 11.9. The normalized spacial score (nSPS) is 19.5. The maximum atomic E-state index is 9.88. The number of nitriles is 1. The third-order valence-electron chi connectivity index (χ3n) is 6.56. The summed E-state index contributed by atoms with van der Waals surface area (Å²) in [5.41, 5.74) is 4.78. The Hall–Kier alpha value is -3.24. The molecule has 2 aromatic carbocycles. The molecule has 176 valence electrons. The lowest BCUT2D eigenvalue weighted by molar-refractivity contribution is 0.175. The second-order valence-corrected chi connectivity index (χ2v) is 8.95. The molecular weight excluding hydrogens is 424 g/mol. The quantitative estimate of drug-likeness (QED) is 0.388. The molecule has 2 unspecified atom stereocenters. The molecule has 1 aromatic heterocycles. The molecule has 0 bridgehead atoms. The van der Waals surface area contributed by atoms with E-state index in [9.17, 15) is 10.2 Å². The van der Waals surface area contributed by atoms with Gasteiger partial charge >= 0.3 is 0 Å². The van der Waals surface area contributed by atoms with Crippen LogP contribution in [0.3, 0.4) is 0 Å². The fourth-order valence-corrected chi connectivity index (χ4v) is 4.52. The highest BCUT2D eigenvalue weighted by atomic mass is 16.3.